The molecule has 0 fully saturated rings. The van der Waals surface area contributed by atoms with Gasteiger partial charge in [0.2, 0.25) is 5.90 Å². The Bertz CT molecular complexity index is 1180. The van der Waals surface area contributed by atoms with Gasteiger partial charge in [-0.25, -0.2) is 9.79 Å². The monoisotopic (exact) mass is 520 g/mol. The molecule has 1 aliphatic rings. The number of esters is 1. The summed E-state index contributed by atoms with van der Waals surface area (Å²) in [6.45, 7) is 8.24. The Morgan fingerprint density at radius 1 is 1.34 bits per heavy atom. The van der Waals surface area contributed by atoms with Crippen molar-refractivity contribution in [3.05, 3.63) is 78.9 Å². The Morgan fingerprint density at radius 2 is 2.09 bits per heavy atom. The maximum absolute atomic E-state index is 12.4. The van der Waals surface area contributed by atoms with E-state index in [4.69, 9.17) is 25.8 Å². The van der Waals surface area contributed by atoms with E-state index < -0.39 is 10.9 Å². The minimum absolute atomic E-state index is 0.00697. The number of nitrogens with zero attached hydrogens (tertiary/aromatic N) is 2. The number of non-ortho nitro benzene ring substituents is 1. The molecule has 32 heavy (non-hydrogen) atoms. The van der Waals surface area contributed by atoms with Gasteiger partial charge in [-0.15, -0.1) is 0 Å². The highest BCUT2D eigenvalue weighted by atomic mass is 79.9. The predicted octanol–water partition coefficient (Wildman–Crippen LogP) is 5.71. The summed E-state index contributed by atoms with van der Waals surface area (Å²) in [4.78, 5) is 27.0. The number of ether oxygens (including phenoxy) is 3. The first-order chi connectivity index (χ1) is 15.2. The molecule has 166 valence electrons. The van der Waals surface area contributed by atoms with Gasteiger partial charge in [-0.3, -0.25) is 10.1 Å². The van der Waals surface area contributed by atoms with Crippen LogP contribution in [0.3, 0.4) is 0 Å². The highest BCUT2D eigenvalue weighted by Crippen LogP contribution is 2.38. The van der Waals surface area contributed by atoms with Crippen LogP contribution in [0.4, 0.5) is 5.69 Å². The number of benzene rings is 2. The Morgan fingerprint density at radius 3 is 2.75 bits per heavy atom. The molecule has 3 rings (SSSR count). The molecule has 0 N–H and O–H groups in total. The molecule has 0 aromatic heterocycles. The third kappa shape index (κ3) is 5.35. The highest BCUT2D eigenvalue weighted by molar-refractivity contribution is 9.10. The summed E-state index contributed by atoms with van der Waals surface area (Å²) in [5.41, 5.74) is 1.41. The summed E-state index contributed by atoms with van der Waals surface area (Å²) in [6.07, 6.45) is 1.51. The van der Waals surface area contributed by atoms with E-state index in [0.717, 1.165) is 5.57 Å². The Kier molecular flexibility index (Phi) is 7.32. The molecular formula is C22H18BrClN2O6. The lowest BCUT2D eigenvalue weighted by Crippen LogP contribution is -2.06. The standard InChI is InChI=1S/C22H18BrClN2O6/c1-4-30-19-9-13(7-16(23)20(19)31-11-12(2)3)8-18-22(27)32-21(25-18)15-10-14(26(28)29)5-6-17(15)24/h5-10H,2,4,11H2,1,3H3/b18-8-. The van der Waals surface area contributed by atoms with E-state index >= 15 is 0 Å². The number of aliphatic imine (C=N–C) groups is 1. The second-order valence-corrected chi connectivity index (χ2v) is 8.03. The zero-order valence-electron chi connectivity index (χ0n) is 17.2. The van der Waals surface area contributed by atoms with Gasteiger partial charge in [-0.1, -0.05) is 18.2 Å². The van der Waals surface area contributed by atoms with Gasteiger partial charge in [-0.05, 0) is 65.2 Å². The molecule has 10 heteroatoms. The fraction of sp³-hybridized carbons (Fsp3) is 0.182. The summed E-state index contributed by atoms with van der Waals surface area (Å²) in [5, 5.41) is 11.2. The number of hydrogen-bond donors (Lipinski definition) is 0. The van der Waals surface area contributed by atoms with Gasteiger partial charge in [0, 0.05) is 12.1 Å². The summed E-state index contributed by atoms with van der Waals surface area (Å²) < 4.78 is 17.3. The van der Waals surface area contributed by atoms with Crippen molar-refractivity contribution in [3.8, 4) is 11.5 Å². The van der Waals surface area contributed by atoms with E-state index in [9.17, 15) is 14.9 Å². The molecule has 0 saturated carbocycles. The van der Waals surface area contributed by atoms with Crippen LogP contribution in [0, 0.1) is 10.1 Å². The Labute approximate surface area is 197 Å². The average molecular weight is 522 g/mol. The molecule has 0 bridgehead atoms. The summed E-state index contributed by atoms with van der Waals surface area (Å²) in [5.74, 6) is 0.172. The van der Waals surface area contributed by atoms with Crippen LogP contribution in [0.1, 0.15) is 25.0 Å². The lowest BCUT2D eigenvalue weighted by molar-refractivity contribution is -0.384. The van der Waals surface area contributed by atoms with Crippen molar-refractivity contribution < 1.29 is 23.9 Å². The van der Waals surface area contributed by atoms with Crippen molar-refractivity contribution >= 4 is 51.2 Å². The largest absolute Gasteiger partial charge is 0.490 e. The Balaban J connectivity index is 1.98. The third-order valence-corrected chi connectivity index (χ3v) is 5.03. The smallest absolute Gasteiger partial charge is 0.363 e. The molecule has 0 saturated heterocycles. The third-order valence-electron chi connectivity index (χ3n) is 4.11. The lowest BCUT2D eigenvalue weighted by atomic mass is 10.1. The number of carbonyl (C=O) groups excluding carboxylic acids is 1. The number of carbonyl (C=O) groups is 1. The molecule has 0 unspecified atom stereocenters. The molecule has 1 heterocycles. The van der Waals surface area contributed by atoms with E-state index in [0.29, 0.717) is 34.7 Å². The van der Waals surface area contributed by atoms with Crippen LogP contribution in [-0.2, 0) is 9.53 Å². The number of hydrogen-bond acceptors (Lipinski definition) is 7. The van der Waals surface area contributed by atoms with Crippen molar-refractivity contribution in [2.75, 3.05) is 13.2 Å². The van der Waals surface area contributed by atoms with Crippen molar-refractivity contribution in [3.63, 3.8) is 0 Å². The SMILES string of the molecule is C=C(C)COc1c(Br)cc(/C=C2\N=C(c3cc([N+](=O)[O-])ccc3Cl)OC2=O)cc1OCC. The first-order valence-corrected chi connectivity index (χ1v) is 10.6. The maximum atomic E-state index is 12.4. The summed E-state index contributed by atoms with van der Waals surface area (Å²) in [7, 11) is 0. The molecular weight excluding hydrogens is 504 g/mol. The number of cyclic esters (lactones) is 1. The maximum Gasteiger partial charge on any atom is 0.363 e. The second-order valence-electron chi connectivity index (χ2n) is 6.77. The van der Waals surface area contributed by atoms with Crippen LogP contribution in [0.25, 0.3) is 6.08 Å². The normalized spacial score (nSPS) is 14.2. The quantitative estimate of drug-likeness (QED) is 0.145. The van der Waals surface area contributed by atoms with Crippen molar-refractivity contribution in [1.82, 2.24) is 0 Å². The zero-order valence-corrected chi connectivity index (χ0v) is 19.5. The fourth-order valence-electron chi connectivity index (χ4n) is 2.74. The van der Waals surface area contributed by atoms with E-state index in [1.807, 2.05) is 13.8 Å². The molecule has 8 nitrogen and oxygen atoms in total. The zero-order chi connectivity index (χ0) is 23.4. The summed E-state index contributed by atoms with van der Waals surface area (Å²) in [6, 6.07) is 7.25. The molecule has 0 amide bonds. The minimum Gasteiger partial charge on any atom is -0.490 e. The Hall–Kier alpha value is -3.17. The van der Waals surface area contributed by atoms with Gasteiger partial charge in [0.05, 0.1) is 26.6 Å². The number of halogens is 2. The van der Waals surface area contributed by atoms with Gasteiger partial charge in [0.1, 0.15) is 6.61 Å². The topological polar surface area (TPSA) is 100 Å². The minimum atomic E-state index is -0.709. The molecule has 0 spiro atoms. The van der Waals surface area contributed by atoms with Crippen LogP contribution in [0.15, 0.2) is 57.6 Å². The van der Waals surface area contributed by atoms with E-state index in [1.165, 1.54) is 24.3 Å². The molecule has 0 atom stereocenters. The first-order valence-electron chi connectivity index (χ1n) is 9.40. The lowest BCUT2D eigenvalue weighted by Gasteiger charge is -2.14. The van der Waals surface area contributed by atoms with E-state index in [2.05, 4.69) is 27.5 Å². The average Bonchev–Trinajstić information content (AvgIpc) is 3.07. The van der Waals surface area contributed by atoms with Crippen molar-refractivity contribution in [2.24, 2.45) is 4.99 Å². The van der Waals surface area contributed by atoms with Crippen molar-refractivity contribution in [2.45, 2.75) is 13.8 Å². The molecule has 1 aliphatic heterocycles. The number of rotatable bonds is 8. The van der Waals surface area contributed by atoms with Crippen LogP contribution >= 0.6 is 27.5 Å². The van der Waals surface area contributed by atoms with E-state index in [1.54, 1.807) is 12.1 Å². The van der Waals surface area contributed by atoms with E-state index in [-0.39, 0.29) is 27.9 Å². The van der Waals surface area contributed by atoms with Crippen LogP contribution < -0.4 is 9.47 Å². The second kappa shape index (κ2) is 9.97. The predicted molar refractivity (Wildman–Crippen MR) is 124 cm³/mol. The van der Waals surface area contributed by atoms with Crippen molar-refractivity contribution in [1.29, 1.82) is 0 Å². The van der Waals surface area contributed by atoms with Gasteiger partial charge in [-0.2, -0.15) is 0 Å². The number of nitro benzene ring substituents is 1. The first kappa shape index (κ1) is 23.5. The number of nitro groups is 1. The molecule has 0 aliphatic carbocycles. The van der Waals surface area contributed by atoms with Crippen LogP contribution in [-0.4, -0.2) is 30.0 Å². The van der Waals surface area contributed by atoms with Gasteiger partial charge in [0.25, 0.3) is 5.69 Å². The summed E-state index contributed by atoms with van der Waals surface area (Å²) >= 11 is 9.59. The molecule has 2 aromatic rings. The van der Waals surface area contributed by atoms with Gasteiger partial charge in [0.15, 0.2) is 17.2 Å². The van der Waals surface area contributed by atoms with Crippen LogP contribution in [0.5, 0.6) is 11.5 Å². The highest BCUT2D eigenvalue weighted by Gasteiger charge is 2.27. The van der Waals surface area contributed by atoms with Gasteiger partial charge >= 0.3 is 5.97 Å². The van der Waals surface area contributed by atoms with Gasteiger partial charge < -0.3 is 14.2 Å². The molecule has 2 aromatic carbocycles. The fourth-order valence-corrected chi connectivity index (χ4v) is 3.52. The molecule has 0 radical (unpaired) electrons. The van der Waals surface area contributed by atoms with Crippen LogP contribution in [0.2, 0.25) is 5.02 Å².